The third kappa shape index (κ3) is 3.37. The minimum absolute atomic E-state index is 0.185. The van der Waals surface area contributed by atoms with Crippen molar-refractivity contribution in [1.82, 2.24) is 9.88 Å². The summed E-state index contributed by atoms with van der Waals surface area (Å²) in [5.74, 6) is -0.185. The first kappa shape index (κ1) is 15.6. The van der Waals surface area contributed by atoms with Gasteiger partial charge in [-0.1, -0.05) is 19.2 Å². The first-order valence-corrected chi connectivity index (χ1v) is 7.89. The number of aromatic nitrogens is 1. The molecule has 3 rings (SSSR count). The van der Waals surface area contributed by atoms with E-state index in [1.807, 2.05) is 30.5 Å². The molecule has 0 atom stereocenters. The number of rotatable bonds is 5. The number of anilines is 1. The number of hydrogen-bond acceptors (Lipinski definition) is 2. The smallest absolute Gasteiger partial charge is 0.123 e. The highest BCUT2D eigenvalue weighted by Crippen LogP contribution is 2.21. The summed E-state index contributed by atoms with van der Waals surface area (Å²) in [4.78, 5) is 7.98. The van der Waals surface area contributed by atoms with Crippen LogP contribution in [0.3, 0.4) is 0 Å². The number of H-pyrrole nitrogens is 1. The molecule has 1 aliphatic heterocycles. The summed E-state index contributed by atoms with van der Waals surface area (Å²) >= 11 is 0. The van der Waals surface area contributed by atoms with Gasteiger partial charge >= 0.3 is 0 Å². The van der Waals surface area contributed by atoms with E-state index < -0.39 is 0 Å². The topological polar surface area (TPSA) is 22.3 Å². The average molecular weight is 311 g/mol. The van der Waals surface area contributed by atoms with Crippen molar-refractivity contribution in [1.29, 1.82) is 0 Å². The van der Waals surface area contributed by atoms with Crippen LogP contribution in [0.5, 0.6) is 0 Å². The zero-order valence-corrected chi connectivity index (χ0v) is 13.3. The monoisotopic (exact) mass is 311 g/mol. The zero-order valence-electron chi connectivity index (χ0n) is 13.3. The summed E-state index contributed by atoms with van der Waals surface area (Å²) in [6.07, 6.45) is 5.75. The highest BCUT2D eigenvalue weighted by Gasteiger charge is 2.18. The average Bonchev–Trinajstić information content (AvgIpc) is 2.98. The molecule has 120 valence electrons. The highest BCUT2D eigenvalue weighted by molar-refractivity contribution is 5.64. The lowest BCUT2D eigenvalue weighted by atomic mass is 10.1. The summed E-state index contributed by atoms with van der Waals surface area (Å²) < 4.78 is 13.0. The minimum atomic E-state index is -0.185. The van der Waals surface area contributed by atoms with Crippen molar-refractivity contribution in [3.63, 3.8) is 0 Å². The second-order valence-corrected chi connectivity index (χ2v) is 5.79. The van der Waals surface area contributed by atoms with E-state index in [-0.39, 0.29) is 5.82 Å². The second kappa shape index (κ2) is 6.84. The van der Waals surface area contributed by atoms with Gasteiger partial charge in [-0.25, -0.2) is 4.39 Å². The first-order chi connectivity index (χ1) is 11.2. The largest absolute Gasteiger partial charge is 0.369 e. The quantitative estimate of drug-likeness (QED) is 0.908. The Morgan fingerprint density at radius 3 is 2.35 bits per heavy atom. The van der Waals surface area contributed by atoms with Gasteiger partial charge in [0.15, 0.2) is 0 Å². The van der Waals surface area contributed by atoms with Crippen molar-refractivity contribution in [2.75, 3.05) is 31.1 Å². The molecule has 0 aliphatic carbocycles. The molecule has 0 amide bonds. The molecule has 1 aromatic heterocycles. The van der Waals surface area contributed by atoms with Crippen LogP contribution in [-0.2, 0) is 6.54 Å². The molecular weight excluding hydrogens is 289 g/mol. The molecule has 1 aliphatic rings. The molecule has 0 spiro atoms. The predicted octanol–water partition coefficient (Wildman–Crippen LogP) is 3.76. The molecule has 1 aromatic carbocycles. The van der Waals surface area contributed by atoms with Gasteiger partial charge in [-0.05, 0) is 35.9 Å². The van der Waals surface area contributed by atoms with Crippen molar-refractivity contribution in [3.8, 4) is 0 Å². The summed E-state index contributed by atoms with van der Waals surface area (Å²) in [6.45, 7) is 12.5. The Morgan fingerprint density at radius 2 is 1.74 bits per heavy atom. The summed E-state index contributed by atoms with van der Waals surface area (Å²) in [5, 5.41) is 0. The number of benzene rings is 1. The van der Waals surface area contributed by atoms with Crippen molar-refractivity contribution in [3.05, 3.63) is 66.3 Å². The Bertz CT molecular complexity index is 679. The van der Waals surface area contributed by atoms with E-state index >= 15 is 0 Å². The molecule has 2 aromatic rings. The Kier molecular flexibility index (Phi) is 4.63. The normalized spacial score (nSPS) is 15.6. The van der Waals surface area contributed by atoms with Crippen molar-refractivity contribution in [2.24, 2.45) is 0 Å². The molecule has 2 heterocycles. The maximum absolute atomic E-state index is 13.0. The van der Waals surface area contributed by atoms with Crippen molar-refractivity contribution in [2.45, 2.75) is 6.54 Å². The maximum atomic E-state index is 13.0. The zero-order chi connectivity index (χ0) is 16.2. The number of piperazine rings is 1. The van der Waals surface area contributed by atoms with E-state index in [4.69, 9.17) is 0 Å². The summed E-state index contributed by atoms with van der Waals surface area (Å²) in [6, 6.07) is 6.75. The van der Waals surface area contributed by atoms with Crippen LogP contribution in [0, 0.1) is 5.82 Å². The molecule has 1 N–H and O–H groups in total. The van der Waals surface area contributed by atoms with Crippen LogP contribution < -0.4 is 4.90 Å². The maximum Gasteiger partial charge on any atom is 0.123 e. The third-order valence-electron chi connectivity index (χ3n) is 4.40. The van der Waals surface area contributed by atoms with Gasteiger partial charge in [0.25, 0.3) is 0 Å². The van der Waals surface area contributed by atoms with Crippen LogP contribution in [0.4, 0.5) is 10.1 Å². The van der Waals surface area contributed by atoms with Crippen LogP contribution in [0.1, 0.15) is 16.8 Å². The Morgan fingerprint density at radius 1 is 1.04 bits per heavy atom. The van der Waals surface area contributed by atoms with Crippen LogP contribution in [0.2, 0.25) is 0 Å². The van der Waals surface area contributed by atoms with Gasteiger partial charge < -0.3 is 9.88 Å². The van der Waals surface area contributed by atoms with Gasteiger partial charge in [0.2, 0.25) is 0 Å². The fraction of sp³-hybridized carbons (Fsp3) is 0.263. The van der Waals surface area contributed by atoms with E-state index in [2.05, 4.69) is 27.9 Å². The fourth-order valence-corrected chi connectivity index (χ4v) is 3.09. The molecular formula is C19H22FN3. The Balaban J connectivity index is 1.61. The molecule has 0 saturated carbocycles. The highest BCUT2D eigenvalue weighted by atomic mass is 19.1. The summed E-state index contributed by atoms with van der Waals surface area (Å²) in [5.41, 5.74) is 4.51. The van der Waals surface area contributed by atoms with Gasteiger partial charge in [-0.3, -0.25) is 4.90 Å². The summed E-state index contributed by atoms with van der Waals surface area (Å²) in [7, 11) is 0. The number of nitrogens with one attached hydrogen (secondary N) is 1. The minimum Gasteiger partial charge on any atom is -0.369 e. The first-order valence-electron chi connectivity index (χ1n) is 7.89. The van der Waals surface area contributed by atoms with Crippen LogP contribution in [-0.4, -0.2) is 36.1 Å². The molecule has 4 heteroatoms. The lowest BCUT2D eigenvalue weighted by Gasteiger charge is -2.36. The predicted molar refractivity (Wildman–Crippen MR) is 94.9 cm³/mol. The number of hydrogen-bond donors (Lipinski definition) is 1. The van der Waals surface area contributed by atoms with Crippen LogP contribution >= 0.6 is 0 Å². The Hall–Kier alpha value is -2.33. The number of halogens is 1. The lowest BCUT2D eigenvalue weighted by Crippen LogP contribution is -2.46. The number of nitrogens with zero attached hydrogens (tertiary/aromatic N) is 2. The SMILES string of the molecule is C=Cc1[nH]cc(CN2CCN(c3ccc(F)cc3)CC2)c1C=C. The molecule has 0 bridgehead atoms. The third-order valence-corrected chi connectivity index (χ3v) is 4.40. The fourth-order valence-electron chi connectivity index (χ4n) is 3.09. The van der Waals surface area contributed by atoms with E-state index in [1.54, 1.807) is 0 Å². The standard InChI is InChI=1S/C19H22FN3/c1-3-18-15(13-21-19(18)4-2)14-22-9-11-23(12-10-22)17-7-5-16(20)6-8-17/h3-8,13,21H,1-2,9-12,14H2. The van der Waals surface area contributed by atoms with Crippen molar-refractivity contribution < 1.29 is 4.39 Å². The Labute approximate surface area is 136 Å². The molecule has 0 radical (unpaired) electrons. The van der Waals surface area contributed by atoms with Crippen LogP contribution in [0.25, 0.3) is 12.2 Å². The molecule has 0 unspecified atom stereocenters. The molecule has 1 fully saturated rings. The van der Waals surface area contributed by atoms with Gasteiger partial charge in [-0.15, -0.1) is 0 Å². The van der Waals surface area contributed by atoms with Gasteiger partial charge in [-0.2, -0.15) is 0 Å². The number of aromatic amines is 1. The van der Waals surface area contributed by atoms with Gasteiger partial charge in [0, 0.05) is 55.9 Å². The van der Waals surface area contributed by atoms with Crippen LogP contribution in [0.15, 0.2) is 43.6 Å². The lowest BCUT2D eigenvalue weighted by molar-refractivity contribution is 0.250. The molecule has 23 heavy (non-hydrogen) atoms. The van der Waals surface area contributed by atoms with Crippen molar-refractivity contribution >= 4 is 17.8 Å². The molecule has 1 saturated heterocycles. The van der Waals surface area contributed by atoms with E-state index in [1.165, 1.54) is 17.7 Å². The van der Waals surface area contributed by atoms with E-state index in [0.29, 0.717) is 0 Å². The van der Waals surface area contributed by atoms with Gasteiger partial charge in [0.05, 0.1) is 0 Å². The van der Waals surface area contributed by atoms with E-state index in [9.17, 15) is 4.39 Å². The second-order valence-electron chi connectivity index (χ2n) is 5.79. The van der Waals surface area contributed by atoms with Gasteiger partial charge in [0.1, 0.15) is 5.82 Å². The molecule has 3 nitrogen and oxygen atoms in total. The van der Waals surface area contributed by atoms with E-state index in [0.717, 1.165) is 49.7 Å².